The number of hydrogen-bond donors (Lipinski definition) is 0. The van der Waals surface area contributed by atoms with E-state index in [1.165, 1.54) is 0 Å². The lowest BCUT2D eigenvalue weighted by Crippen LogP contribution is -2.02. The van der Waals surface area contributed by atoms with Crippen LogP contribution >= 0.6 is 0 Å². The van der Waals surface area contributed by atoms with E-state index < -0.39 is 36.8 Å². The molecule has 0 unspecified atom stereocenters. The highest BCUT2D eigenvalue weighted by Gasteiger charge is 2.27. The molecule has 0 amide bonds. The summed E-state index contributed by atoms with van der Waals surface area (Å²) >= 11 is 0. The van der Waals surface area contributed by atoms with Crippen LogP contribution in [0.25, 0.3) is 0 Å². The Bertz CT molecular complexity index is 575. The predicted molar refractivity (Wildman–Crippen MR) is 57.2 cm³/mol. The Balaban J connectivity index is 3.56. The first-order valence-electron chi connectivity index (χ1n) is 4.50. The molecule has 12 heteroatoms. The fourth-order valence-corrected chi connectivity index (χ4v) is 1.28. The lowest BCUT2D eigenvalue weighted by atomic mass is 10.1. The molecule has 0 aliphatic heterocycles. The summed E-state index contributed by atoms with van der Waals surface area (Å²) in [7, 11) is 0. The normalized spacial score (nSPS) is 11.1. The fraction of sp³-hybridized carbons (Fsp3) is 0.143. The Hall–Kier alpha value is -3.18. The van der Waals surface area contributed by atoms with Crippen LogP contribution in [-0.4, -0.2) is 19.7 Å². The van der Waals surface area contributed by atoms with Crippen LogP contribution in [0.1, 0.15) is 5.56 Å². The van der Waals surface area contributed by atoms with Crippen LogP contribution in [0, 0.1) is 42.5 Å². The van der Waals surface area contributed by atoms with Gasteiger partial charge < -0.3 is 5.21 Å². The molecule has 100 valence electrons. The van der Waals surface area contributed by atoms with E-state index in [2.05, 4.69) is 5.22 Å². The van der Waals surface area contributed by atoms with Gasteiger partial charge in [0.15, 0.2) is 0 Å². The lowest BCUT2D eigenvalue weighted by Gasteiger charge is -2.00. The van der Waals surface area contributed by atoms with Gasteiger partial charge in [-0.3, -0.25) is 20.2 Å². The van der Waals surface area contributed by atoms with Crippen LogP contribution in [0.4, 0.5) is 17.1 Å². The van der Waals surface area contributed by atoms with Crippen molar-refractivity contribution < 1.29 is 19.7 Å². The van der Waals surface area contributed by atoms with Crippen LogP contribution in [0.15, 0.2) is 17.4 Å². The smallest absolute Gasteiger partial charge is 0.349 e. The highest BCUT2D eigenvalue weighted by atomic mass is 16.7. The topological polar surface area (TPSA) is 168 Å². The minimum atomic E-state index is -1.33. The minimum absolute atomic E-state index is 0.270. The first-order valence-corrected chi connectivity index (χ1v) is 4.50. The van der Waals surface area contributed by atoms with Crippen molar-refractivity contribution in [2.45, 2.75) is 6.92 Å². The molecule has 12 nitrogen and oxygen atoms in total. The Morgan fingerprint density at radius 2 is 1.37 bits per heavy atom. The van der Waals surface area contributed by atoms with Crippen LogP contribution in [0.5, 0.6) is 0 Å². The number of benzene rings is 1. The standard InChI is InChI=1S/C7H5N5O7/c1-4-6(10(14)15)2-5(3-7(4)11(16)17)9(13)8-12(18)19/h2-3H,1H3/b9-8-. The Labute approximate surface area is 103 Å². The van der Waals surface area contributed by atoms with Gasteiger partial charge in [0.2, 0.25) is 0 Å². The third-order valence-electron chi connectivity index (χ3n) is 2.11. The molecule has 0 N–H and O–H groups in total. The van der Waals surface area contributed by atoms with E-state index in [0.29, 0.717) is 12.1 Å². The van der Waals surface area contributed by atoms with Gasteiger partial charge >= 0.3 is 5.22 Å². The maximum absolute atomic E-state index is 11.2. The number of nitro groups is 3. The number of nitrogens with zero attached hydrogens (tertiary/aromatic N) is 5. The molecule has 0 bridgehead atoms. The molecule has 0 saturated heterocycles. The zero-order valence-electron chi connectivity index (χ0n) is 9.25. The molecule has 0 saturated carbocycles. The molecular formula is C7H5N5O7. The molecule has 0 spiro atoms. The molecule has 1 aromatic carbocycles. The summed E-state index contributed by atoms with van der Waals surface area (Å²) in [5.74, 6) is 0. The highest BCUT2D eigenvalue weighted by Crippen LogP contribution is 2.32. The quantitative estimate of drug-likeness (QED) is 0.346. The van der Waals surface area contributed by atoms with Crippen molar-refractivity contribution in [1.29, 1.82) is 0 Å². The summed E-state index contributed by atoms with van der Waals surface area (Å²) in [4.78, 5) is 29.0. The molecule has 19 heavy (non-hydrogen) atoms. The summed E-state index contributed by atoms with van der Waals surface area (Å²) in [6, 6.07) is 1.34. The predicted octanol–water partition coefficient (Wildman–Crippen LogP) is 1.60. The van der Waals surface area contributed by atoms with Crippen molar-refractivity contribution >= 4 is 17.1 Å². The second-order valence-electron chi connectivity index (χ2n) is 3.22. The molecule has 1 aromatic rings. The van der Waals surface area contributed by atoms with E-state index in [4.69, 9.17) is 0 Å². The van der Waals surface area contributed by atoms with E-state index in [0.717, 1.165) is 6.92 Å². The largest absolute Gasteiger partial charge is 0.590 e. The number of rotatable bonds is 4. The average molecular weight is 271 g/mol. The van der Waals surface area contributed by atoms with Gasteiger partial charge in [-0.2, -0.15) is 0 Å². The van der Waals surface area contributed by atoms with Gasteiger partial charge in [-0.15, -0.1) is 0 Å². The molecule has 1 rings (SSSR count). The van der Waals surface area contributed by atoms with Gasteiger partial charge in [-0.25, -0.2) is 10.1 Å². The van der Waals surface area contributed by atoms with Crippen LogP contribution in [0.2, 0.25) is 0 Å². The van der Waals surface area contributed by atoms with Crippen molar-refractivity contribution in [3.63, 3.8) is 0 Å². The molecular weight excluding hydrogens is 266 g/mol. The first-order chi connectivity index (χ1) is 8.73. The van der Waals surface area contributed by atoms with Gasteiger partial charge in [-0.05, 0) is 6.92 Å². The van der Waals surface area contributed by atoms with Crippen molar-refractivity contribution in [2.75, 3.05) is 0 Å². The molecule has 0 atom stereocenters. The van der Waals surface area contributed by atoms with Crippen LogP contribution < -0.4 is 0 Å². The summed E-state index contributed by atoms with van der Waals surface area (Å²) in [6.45, 7) is 1.12. The Kier molecular flexibility index (Phi) is 3.65. The Morgan fingerprint density at radius 1 is 0.947 bits per heavy atom. The van der Waals surface area contributed by atoms with E-state index in [9.17, 15) is 35.6 Å². The van der Waals surface area contributed by atoms with Crippen LogP contribution in [0.3, 0.4) is 0 Å². The van der Waals surface area contributed by atoms with E-state index in [-0.39, 0.29) is 5.56 Å². The monoisotopic (exact) mass is 271 g/mol. The first kappa shape index (κ1) is 13.9. The lowest BCUT2D eigenvalue weighted by molar-refractivity contribution is -0.642. The van der Waals surface area contributed by atoms with Crippen molar-refractivity contribution in [1.82, 2.24) is 0 Å². The summed E-state index contributed by atoms with van der Waals surface area (Å²) in [6.07, 6.45) is 0. The highest BCUT2D eigenvalue weighted by molar-refractivity contribution is 5.59. The van der Waals surface area contributed by atoms with Crippen molar-refractivity contribution in [3.05, 3.63) is 53.2 Å². The van der Waals surface area contributed by atoms with E-state index in [1.54, 1.807) is 0 Å². The Morgan fingerprint density at radius 3 is 1.68 bits per heavy atom. The number of nitro benzene ring substituents is 2. The molecule has 0 aromatic heterocycles. The molecule has 0 aliphatic carbocycles. The number of hydrogen-bond acceptors (Lipinski definition) is 7. The maximum Gasteiger partial charge on any atom is 0.349 e. The van der Waals surface area contributed by atoms with Gasteiger partial charge in [0.1, 0.15) is 5.56 Å². The second-order valence-corrected chi connectivity index (χ2v) is 3.22. The molecule has 0 fully saturated rings. The van der Waals surface area contributed by atoms with E-state index >= 15 is 0 Å². The van der Waals surface area contributed by atoms with Gasteiger partial charge in [-0.1, -0.05) is 0 Å². The van der Waals surface area contributed by atoms with Crippen molar-refractivity contribution in [2.24, 2.45) is 5.22 Å². The maximum atomic E-state index is 11.2. The summed E-state index contributed by atoms with van der Waals surface area (Å²) < 4.78 is 0. The molecule has 0 heterocycles. The van der Waals surface area contributed by atoms with E-state index in [1.807, 2.05) is 0 Å². The third-order valence-corrected chi connectivity index (χ3v) is 2.11. The SMILES string of the molecule is Cc1c([N+](=O)[O-])cc(/[N+]([O-])=N/[N+](=O)[O-])cc1[N+](=O)[O-]. The van der Waals surface area contributed by atoms with Crippen LogP contribution in [-0.2, 0) is 0 Å². The average Bonchev–Trinajstić information content (AvgIpc) is 2.27. The second kappa shape index (κ2) is 4.99. The molecule has 0 radical (unpaired) electrons. The summed E-state index contributed by atoms with van der Waals surface area (Å²) in [5, 5.41) is 43.6. The van der Waals surface area contributed by atoms with Gasteiger partial charge in [0.25, 0.3) is 22.1 Å². The van der Waals surface area contributed by atoms with Crippen molar-refractivity contribution in [3.8, 4) is 0 Å². The third kappa shape index (κ3) is 2.93. The summed E-state index contributed by atoms with van der Waals surface area (Å²) in [5.41, 5.74) is -2.36. The fourth-order valence-electron chi connectivity index (χ4n) is 1.28. The van der Waals surface area contributed by atoms with Gasteiger partial charge in [0, 0.05) is 4.86 Å². The molecule has 0 aliphatic rings. The van der Waals surface area contributed by atoms with Gasteiger partial charge in [0.05, 0.1) is 22.0 Å². The zero-order valence-corrected chi connectivity index (χ0v) is 9.25. The zero-order chi connectivity index (χ0) is 14.7. The minimum Gasteiger partial charge on any atom is -0.590 e.